The zero-order chi connectivity index (χ0) is 20.6. The fourth-order valence-corrected chi connectivity index (χ4v) is 2.76. The lowest BCUT2D eigenvalue weighted by molar-refractivity contribution is -0.137. The highest BCUT2D eigenvalue weighted by molar-refractivity contribution is 5.79. The summed E-state index contributed by atoms with van der Waals surface area (Å²) in [7, 11) is 0. The quantitative estimate of drug-likeness (QED) is 0.460. The van der Waals surface area contributed by atoms with Crippen molar-refractivity contribution in [2.45, 2.75) is 44.6 Å². The molecule has 2 rings (SSSR count). The van der Waals surface area contributed by atoms with Crippen LogP contribution in [0, 0.1) is 0 Å². The Hall–Kier alpha value is -2.00. The van der Waals surface area contributed by atoms with Crippen molar-refractivity contribution in [3.8, 4) is 5.75 Å². The molecule has 1 fully saturated rings. The van der Waals surface area contributed by atoms with Crippen LogP contribution in [0.2, 0.25) is 0 Å². The van der Waals surface area contributed by atoms with Gasteiger partial charge in [0.05, 0.1) is 17.7 Å². The number of hydrogen-bond donors (Lipinski definition) is 3. The number of ether oxygens (including phenoxy) is 2. The normalized spacial score (nSPS) is 21.4. The minimum absolute atomic E-state index is 0.0569. The van der Waals surface area contributed by atoms with E-state index in [1.807, 2.05) is 13.8 Å². The average molecular weight is 403 g/mol. The lowest BCUT2D eigenvalue weighted by atomic mass is 10.0. The molecule has 1 aliphatic rings. The van der Waals surface area contributed by atoms with Crippen molar-refractivity contribution in [2.24, 2.45) is 4.99 Å². The van der Waals surface area contributed by atoms with E-state index in [1.165, 1.54) is 12.1 Å². The highest BCUT2D eigenvalue weighted by Gasteiger charge is 2.30. The summed E-state index contributed by atoms with van der Waals surface area (Å²) in [5.74, 6) is 0.826. The Morgan fingerprint density at radius 2 is 2.04 bits per heavy atom. The first-order valence-corrected chi connectivity index (χ1v) is 9.36. The van der Waals surface area contributed by atoms with Gasteiger partial charge in [-0.2, -0.15) is 13.2 Å². The summed E-state index contributed by atoms with van der Waals surface area (Å²) in [6, 6.07) is 4.36. The number of guanidine groups is 1. The van der Waals surface area contributed by atoms with Crippen LogP contribution in [-0.2, 0) is 10.9 Å². The molecule has 2 atom stereocenters. The maximum atomic E-state index is 12.5. The highest BCUT2D eigenvalue weighted by Crippen LogP contribution is 2.30. The lowest BCUT2D eigenvalue weighted by Crippen LogP contribution is -2.43. The average Bonchev–Trinajstić information content (AvgIpc) is 3.09. The van der Waals surface area contributed by atoms with E-state index in [0.29, 0.717) is 19.0 Å². The molecular formula is C19H28F3N3O3. The number of nitrogens with one attached hydrogen (secondary N) is 2. The molecule has 0 saturated carbocycles. The molecule has 3 N–H and O–H groups in total. The van der Waals surface area contributed by atoms with Gasteiger partial charge in [-0.15, -0.1) is 0 Å². The van der Waals surface area contributed by atoms with E-state index >= 15 is 0 Å². The molecule has 158 valence electrons. The standard InChI is InChI=1S/C19H28F3N3O3/c1-3-23-17(25-13-18(2)9-4-10-28-18)24-11-15(26)12-27-16-7-5-14(6-8-16)19(20,21)22/h5-8,15,26H,3-4,9-13H2,1-2H3,(H2,23,24,25). The number of aliphatic imine (C=N–C) groups is 1. The molecule has 0 aliphatic carbocycles. The van der Waals surface area contributed by atoms with Gasteiger partial charge in [-0.1, -0.05) is 0 Å². The van der Waals surface area contributed by atoms with Crippen LogP contribution in [0.25, 0.3) is 0 Å². The second-order valence-corrected chi connectivity index (χ2v) is 6.96. The topological polar surface area (TPSA) is 75.1 Å². The van der Waals surface area contributed by atoms with Crippen LogP contribution in [0.3, 0.4) is 0 Å². The van der Waals surface area contributed by atoms with Crippen molar-refractivity contribution in [3.63, 3.8) is 0 Å². The maximum absolute atomic E-state index is 12.5. The molecule has 0 radical (unpaired) electrons. The predicted octanol–water partition coefficient (Wildman–Crippen LogP) is 2.57. The minimum atomic E-state index is -4.38. The molecule has 9 heteroatoms. The first kappa shape index (κ1) is 22.3. The summed E-state index contributed by atoms with van der Waals surface area (Å²) < 4.78 is 48.7. The molecule has 0 spiro atoms. The van der Waals surface area contributed by atoms with Crippen LogP contribution in [-0.4, -0.2) is 55.6 Å². The minimum Gasteiger partial charge on any atom is -0.491 e. The number of aliphatic hydroxyl groups is 1. The highest BCUT2D eigenvalue weighted by atomic mass is 19.4. The summed E-state index contributed by atoms with van der Waals surface area (Å²) in [6.07, 6.45) is -3.26. The summed E-state index contributed by atoms with van der Waals surface area (Å²) in [6.45, 7) is 6.02. The van der Waals surface area contributed by atoms with E-state index in [2.05, 4.69) is 15.6 Å². The Bertz CT molecular complexity index is 630. The summed E-state index contributed by atoms with van der Waals surface area (Å²) >= 11 is 0. The molecular weight excluding hydrogens is 375 g/mol. The molecule has 1 heterocycles. The van der Waals surface area contributed by atoms with Gasteiger partial charge in [0, 0.05) is 19.7 Å². The largest absolute Gasteiger partial charge is 0.491 e. The van der Waals surface area contributed by atoms with Gasteiger partial charge in [-0.05, 0) is 51.0 Å². The Labute approximate surface area is 163 Å². The number of nitrogens with zero attached hydrogens (tertiary/aromatic N) is 1. The van der Waals surface area contributed by atoms with Crippen molar-refractivity contribution >= 4 is 5.96 Å². The molecule has 0 bridgehead atoms. The monoisotopic (exact) mass is 403 g/mol. The smallest absolute Gasteiger partial charge is 0.416 e. The summed E-state index contributed by atoms with van der Waals surface area (Å²) in [5.41, 5.74) is -0.999. The third-order valence-electron chi connectivity index (χ3n) is 4.35. The van der Waals surface area contributed by atoms with Crippen LogP contribution < -0.4 is 15.4 Å². The van der Waals surface area contributed by atoms with E-state index in [-0.39, 0.29) is 24.5 Å². The van der Waals surface area contributed by atoms with E-state index < -0.39 is 17.8 Å². The fourth-order valence-electron chi connectivity index (χ4n) is 2.76. The zero-order valence-corrected chi connectivity index (χ0v) is 16.2. The van der Waals surface area contributed by atoms with Crippen molar-refractivity contribution in [2.75, 3.05) is 32.8 Å². The molecule has 28 heavy (non-hydrogen) atoms. The van der Waals surface area contributed by atoms with Crippen molar-refractivity contribution < 1.29 is 27.8 Å². The third-order valence-corrected chi connectivity index (χ3v) is 4.35. The summed E-state index contributed by atoms with van der Waals surface area (Å²) in [5, 5.41) is 16.2. The van der Waals surface area contributed by atoms with Gasteiger partial charge < -0.3 is 25.2 Å². The van der Waals surface area contributed by atoms with E-state index in [4.69, 9.17) is 9.47 Å². The van der Waals surface area contributed by atoms with Gasteiger partial charge >= 0.3 is 6.18 Å². The summed E-state index contributed by atoms with van der Waals surface area (Å²) in [4.78, 5) is 4.50. The molecule has 2 unspecified atom stereocenters. The van der Waals surface area contributed by atoms with Gasteiger partial charge in [-0.25, -0.2) is 0 Å². The van der Waals surface area contributed by atoms with E-state index in [0.717, 1.165) is 31.6 Å². The predicted molar refractivity (Wildman–Crippen MR) is 101 cm³/mol. The second-order valence-electron chi connectivity index (χ2n) is 6.96. The maximum Gasteiger partial charge on any atom is 0.416 e. The molecule has 0 aromatic heterocycles. The Morgan fingerprint density at radius 3 is 2.61 bits per heavy atom. The number of rotatable bonds is 8. The molecule has 0 amide bonds. The van der Waals surface area contributed by atoms with Crippen molar-refractivity contribution in [3.05, 3.63) is 29.8 Å². The Balaban J connectivity index is 1.78. The molecule has 1 aliphatic heterocycles. The van der Waals surface area contributed by atoms with E-state index in [9.17, 15) is 18.3 Å². The van der Waals surface area contributed by atoms with Gasteiger partial charge in [0.1, 0.15) is 18.5 Å². The number of aliphatic hydroxyl groups excluding tert-OH is 1. The first-order valence-electron chi connectivity index (χ1n) is 9.36. The first-order chi connectivity index (χ1) is 13.2. The second kappa shape index (κ2) is 9.97. The van der Waals surface area contributed by atoms with Gasteiger partial charge in [0.2, 0.25) is 0 Å². The Morgan fingerprint density at radius 1 is 1.32 bits per heavy atom. The zero-order valence-electron chi connectivity index (χ0n) is 16.2. The molecule has 1 aromatic rings. The number of hydrogen-bond acceptors (Lipinski definition) is 4. The van der Waals surface area contributed by atoms with Crippen LogP contribution in [0.4, 0.5) is 13.2 Å². The SMILES string of the molecule is CCNC(=NCC1(C)CCCO1)NCC(O)COc1ccc(C(F)(F)F)cc1. The van der Waals surface area contributed by atoms with Crippen LogP contribution in [0.1, 0.15) is 32.3 Å². The fraction of sp³-hybridized carbons (Fsp3) is 0.632. The van der Waals surface area contributed by atoms with Crippen molar-refractivity contribution in [1.82, 2.24) is 10.6 Å². The third kappa shape index (κ3) is 7.20. The lowest BCUT2D eigenvalue weighted by Gasteiger charge is -2.22. The van der Waals surface area contributed by atoms with Gasteiger partial charge in [0.25, 0.3) is 0 Å². The number of alkyl halides is 3. The van der Waals surface area contributed by atoms with Crippen LogP contribution in [0.15, 0.2) is 29.3 Å². The molecule has 1 aromatic carbocycles. The van der Waals surface area contributed by atoms with Crippen LogP contribution in [0.5, 0.6) is 5.75 Å². The van der Waals surface area contributed by atoms with E-state index in [1.54, 1.807) is 0 Å². The van der Waals surface area contributed by atoms with Crippen LogP contribution >= 0.6 is 0 Å². The number of halogens is 3. The van der Waals surface area contributed by atoms with Gasteiger partial charge in [-0.3, -0.25) is 4.99 Å². The van der Waals surface area contributed by atoms with Crippen molar-refractivity contribution in [1.29, 1.82) is 0 Å². The molecule has 1 saturated heterocycles. The van der Waals surface area contributed by atoms with Gasteiger partial charge in [0.15, 0.2) is 5.96 Å². The number of benzene rings is 1. The molecule has 6 nitrogen and oxygen atoms in total. The Kier molecular flexibility index (Phi) is 7.94.